The molecule has 0 aromatic heterocycles. The van der Waals surface area contributed by atoms with Crippen LogP contribution in [0.1, 0.15) is 5.56 Å². The third-order valence-corrected chi connectivity index (χ3v) is 5.50. The Morgan fingerprint density at radius 1 is 1.14 bits per heavy atom. The molecule has 1 aromatic carbocycles. The molecule has 7 heteroatoms. The molecule has 1 heterocycles. The highest BCUT2D eigenvalue weighted by molar-refractivity contribution is 9.10. The number of piperazine rings is 1. The van der Waals surface area contributed by atoms with Crippen molar-refractivity contribution in [1.82, 2.24) is 14.5 Å². The Kier molecular flexibility index (Phi) is 6.19. The fraction of sp³-hybridized carbons (Fsp3) is 0.571. The lowest BCUT2D eigenvalue weighted by Gasteiger charge is -2.32. The van der Waals surface area contributed by atoms with Crippen molar-refractivity contribution in [3.63, 3.8) is 0 Å². The molecule has 118 valence electrons. The van der Waals surface area contributed by atoms with E-state index < -0.39 is 10.0 Å². The zero-order valence-corrected chi connectivity index (χ0v) is 14.7. The van der Waals surface area contributed by atoms with Crippen LogP contribution in [-0.4, -0.2) is 64.5 Å². The Hall–Kier alpha value is -0.470. The van der Waals surface area contributed by atoms with E-state index in [9.17, 15) is 8.42 Å². The van der Waals surface area contributed by atoms with Crippen molar-refractivity contribution in [3.05, 3.63) is 34.3 Å². The average Bonchev–Trinajstić information content (AvgIpc) is 2.43. The minimum atomic E-state index is -3.26. The molecule has 1 aromatic rings. The second kappa shape index (κ2) is 7.69. The van der Waals surface area contributed by atoms with Crippen molar-refractivity contribution in [1.29, 1.82) is 0 Å². The van der Waals surface area contributed by atoms with Crippen LogP contribution >= 0.6 is 15.9 Å². The van der Waals surface area contributed by atoms with Gasteiger partial charge in [-0.2, -0.15) is 0 Å². The molecule has 2 rings (SSSR count). The minimum absolute atomic E-state index is 0.0308. The summed E-state index contributed by atoms with van der Waals surface area (Å²) < 4.78 is 27.7. The molecule has 1 fully saturated rings. The second-order valence-electron chi connectivity index (χ2n) is 5.42. The van der Waals surface area contributed by atoms with E-state index >= 15 is 0 Å². The monoisotopic (exact) mass is 375 g/mol. The molecule has 1 aliphatic rings. The lowest BCUT2D eigenvalue weighted by molar-refractivity contribution is 0.156. The van der Waals surface area contributed by atoms with Crippen molar-refractivity contribution in [2.75, 3.05) is 46.3 Å². The van der Waals surface area contributed by atoms with E-state index in [4.69, 9.17) is 0 Å². The Morgan fingerprint density at radius 2 is 1.76 bits per heavy atom. The first-order valence-corrected chi connectivity index (χ1v) is 9.52. The van der Waals surface area contributed by atoms with Crippen LogP contribution in [-0.2, 0) is 15.8 Å². The van der Waals surface area contributed by atoms with Gasteiger partial charge in [0.15, 0.2) is 0 Å². The zero-order chi connectivity index (χ0) is 15.3. The van der Waals surface area contributed by atoms with Crippen molar-refractivity contribution >= 4 is 26.0 Å². The number of rotatable bonds is 6. The quantitative estimate of drug-likeness (QED) is 0.809. The average molecular weight is 376 g/mol. The minimum Gasteiger partial charge on any atom is -0.304 e. The molecule has 1 N–H and O–H groups in total. The summed E-state index contributed by atoms with van der Waals surface area (Å²) in [5.41, 5.74) is 0.797. The zero-order valence-electron chi connectivity index (χ0n) is 12.3. The highest BCUT2D eigenvalue weighted by Gasteiger charge is 2.15. The van der Waals surface area contributed by atoms with Gasteiger partial charge in [-0.25, -0.2) is 13.1 Å². The standard InChI is InChI=1S/C14H22BrN3O2S/c1-17-8-10-18(11-9-17)7-6-16-21(19,20)12-13-2-4-14(15)5-3-13/h2-5,16H,6-12H2,1H3. The van der Waals surface area contributed by atoms with Gasteiger partial charge in [0.1, 0.15) is 0 Å². The van der Waals surface area contributed by atoms with E-state index in [-0.39, 0.29) is 5.75 Å². The molecule has 0 aliphatic carbocycles. The molecule has 0 bridgehead atoms. The van der Waals surface area contributed by atoms with E-state index in [1.54, 1.807) is 0 Å². The third-order valence-electron chi connectivity index (χ3n) is 3.62. The summed E-state index contributed by atoms with van der Waals surface area (Å²) >= 11 is 3.34. The van der Waals surface area contributed by atoms with Crippen LogP contribution in [0.4, 0.5) is 0 Å². The second-order valence-corrected chi connectivity index (χ2v) is 8.15. The van der Waals surface area contributed by atoms with Crippen LogP contribution in [0.15, 0.2) is 28.7 Å². The number of likely N-dealkylation sites (N-methyl/N-ethyl adjacent to an activating group) is 1. The van der Waals surface area contributed by atoms with E-state index in [1.165, 1.54) is 0 Å². The number of halogens is 1. The van der Waals surface area contributed by atoms with Crippen LogP contribution in [0, 0.1) is 0 Å². The number of hydrogen-bond acceptors (Lipinski definition) is 4. The first-order valence-electron chi connectivity index (χ1n) is 7.07. The number of nitrogens with zero attached hydrogens (tertiary/aromatic N) is 2. The fourth-order valence-electron chi connectivity index (χ4n) is 2.28. The maximum atomic E-state index is 12.0. The SMILES string of the molecule is CN1CCN(CCNS(=O)(=O)Cc2ccc(Br)cc2)CC1. The van der Waals surface area contributed by atoms with Gasteiger partial charge in [-0.1, -0.05) is 28.1 Å². The molecule has 0 radical (unpaired) electrons. The van der Waals surface area contributed by atoms with Gasteiger partial charge in [0.05, 0.1) is 5.75 Å². The van der Waals surface area contributed by atoms with Crippen LogP contribution in [0.2, 0.25) is 0 Å². The summed E-state index contributed by atoms with van der Waals surface area (Å²) in [7, 11) is -1.15. The molecule has 0 spiro atoms. The van der Waals surface area contributed by atoms with Crippen LogP contribution in [0.5, 0.6) is 0 Å². The van der Waals surface area contributed by atoms with Gasteiger partial charge in [0.25, 0.3) is 0 Å². The van der Waals surface area contributed by atoms with Crippen LogP contribution in [0.3, 0.4) is 0 Å². The lowest BCUT2D eigenvalue weighted by atomic mass is 10.2. The molecular weight excluding hydrogens is 354 g/mol. The topological polar surface area (TPSA) is 52.6 Å². The molecular formula is C14H22BrN3O2S. The highest BCUT2D eigenvalue weighted by Crippen LogP contribution is 2.12. The van der Waals surface area contributed by atoms with Gasteiger partial charge in [0, 0.05) is 43.7 Å². The Labute approximate surface area is 135 Å². The summed E-state index contributed by atoms with van der Waals surface area (Å²) in [6.45, 7) is 5.35. The predicted molar refractivity (Wildman–Crippen MR) is 88.7 cm³/mol. The van der Waals surface area contributed by atoms with Crippen molar-refractivity contribution < 1.29 is 8.42 Å². The van der Waals surface area contributed by atoms with Crippen LogP contribution in [0.25, 0.3) is 0 Å². The van der Waals surface area contributed by atoms with E-state index in [0.29, 0.717) is 6.54 Å². The number of benzene rings is 1. The summed E-state index contributed by atoms with van der Waals surface area (Å²) in [4.78, 5) is 4.58. The molecule has 0 atom stereocenters. The van der Waals surface area contributed by atoms with Gasteiger partial charge >= 0.3 is 0 Å². The van der Waals surface area contributed by atoms with E-state index in [2.05, 4.69) is 37.5 Å². The molecule has 1 saturated heterocycles. The van der Waals surface area contributed by atoms with Crippen molar-refractivity contribution in [2.45, 2.75) is 5.75 Å². The normalized spacial score (nSPS) is 18.0. The maximum absolute atomic E-state index is 12.0. The lowest BCUT2D eigenvalue weighted by Crippen LogP contribution is -2.46. The molecule has 21 heavy (non-hydrogen) atoms. The van der Waals surface area contributed by atoms with Crippen molar-refractivity contribution in [3.8, 4) is 0 Å². The third kappa shape index (κ3) is 6.04. The summed E-state index contributed by atoms with van der Waals surface area (Å²) in [5, 5.41) is 0. The molecule has 5 nitrogen and oxygen atoms in total. The number of nitrogens with one attached hydrogen (secondary N) is 1. The van der Waals surface area contributed by atoms with E-state index in [0.717, 1.165) is 42.8 Å². The molecule has 0 saturated carbocycles. The molecule has 0 unspecified atom stereocenters. The molecule has 0 amide bonds. The first kappa shape index (κ1) is 16.9. The largest absolute Gasteiger partial charge is 0.304 e. The van der Waals surface area contributed by atoms with Crippen LogP contribution < -0.4 is 4.72 Å². The van der Waals surface area contributed by atoms with Gasteiger partial charge < -0.3 is 4.90 Å². The first-order chi connectivity index (χ1) is 9.94. The van der Waals surface area contributed by atoms with Gasteiger partial charge in [-0.05, 0) is 24.7 Å². The fourth-order valence-corrected chi connectivity index (χ4v) is 3.68. The van der Waals surface area contributed by atoms with Gasteiger partial charge in [-0.15, -0.1) is 0 Å². The smallest absolute Gasteiger partial charge is 0.215 e. The Bertz CT molecular complexity index is 540. The Morgan fingerprint density at radius 3 is 2.38 bits per heavy atom. The molecule has 1 aliphatic heterocycles. The summed E-state index contributed by atoms with van der Waals surface area (Å²) in [6.07, 6.45) is 0. The van der Waals surface area contributed by atoms with Gasteiger partial charge in [0.2, 0.25) is 10.0 Å². The number of sulfonamides is 1. The Balaban J connectivity index is 1.75. The summed E-state index contributed by atoms with van der Waals surface area (Å²) in [6, 6.07) is 7.36. The number of hydrogen-bond donors (Lipinski definition) is 1. The maximum Gasteiger partial charge on any atom is 0.215 e. The predicted octanol–water partition coefficient (Wildman–Crippen LogP) is 1.12. The van der Waals surface area contributed by atoms with E-state index in [1.807, 2.05) is 24.3 Å². The van der Waals surface area contributed by atoms with Crippen molar-refractivity contribution in [2.24, 2.45) is 0 Å². The van der Waals surface area contributed by atoms with Gasteiger partial charge in [-0.3, -0.25) is 4.90 Å². The highest BCUT2D eigenvalue weighted by atomic mass is 79.9. The summed E-state index contributed by atoms with van der Waals surface area (Å²) in [5.74, 6) is 0.0308.